The van der Waals surface area contributed by atoms with Crippen LogP contribution < -0.4 is 0 Å². The summed E-state index contributed by atoms with van der Waals surface area (Å²) in [6, 6.07) is 3.18. The molecule has 0 spiro atoms. The Morgan fingerprint density at radius 3 is 2.60 bits per heavy atom. The van der Waals surface area contributed by atoms with Crippen molar-refractivity contribution >= 4 is 22.9 Å². The molecule has 2 aromatic rings. The molecular formula is C10H6N2O2S. The Morgan fingerprint density at radius 1 is 1.13 bits per heavy atom. The molecular weight excluding hydrogens is 212 g/mol. The highest BCUT2D eigenvalue weighted by molar-refractivity contribution is 7.12. The maximum Gasteiger partial charge on any atom is 0.245 e. The molecule has 0 aliphatic heterocycles. The predicted octanol–water partition coefficient (Wildman–Crippen LogP) is 1.60. The molecule has 15 heavy (non-hydrogen) atoms. The number of carbonyl (C=O) groups excluding carboxylic acids is 2. The highest BCUT2D eigenvalue weighted by Crippen LogP contribution is 2.10. The van der Waals surface area contributed by atoms with Crippen molar-refractivity contribution in [3.05, 3.63) is 46.7 Å². The van der Waals surface area contributed by atoms with Gasteiger partial charge < -0.3 is 0 Å². The Morgan fingerprint density at radius 2 is 2.00 bits per heavy atom. The van der Waals surface area contributed by atoms with Gasteiger partial charge in [-0.25, -0.2) is 0 Å². The molecule has 0 amide bonds. The molecule has 74 valence electrons. The molecule has 0 aliphatic carbocycles. The fraction of sp³-hybridized carbons (Fsp3) is 0. The van der Waals surface area contributed by atoms with E-state index in [2.05, 4.69) is 9.97 Å². The summed E-state index contributed by atoms with van der Waals surface area (Å²) in [5, 5.41) is 0. The maximum atomic E-state index is 11.6. The topological polar surface area (TPSA) is 59.9 Å². The van der Waals surface area contributed by atoms with Crippen molar-refractivity contribution in [1.29, 1.82) is 0 Å². The lowest BCUT2D eigenvalue weighted by Crippen LogP contribution is -2.13. The summed E-state index contributed by atoms with van der Waals surface area (Å²) < 4.78 is 0. The van der Waals surface area contributed by atoms with Gasteiger partial charge in [0, 0.05) is 24.2 Å². The SMILES string of the molecule is O=C(C(=O)c1cncs1)c1cccnc1. The van der Waals surface area contributed by atoms with E-state index in [1.165, 1.54) is 17.9 Å². The third-order valence-corrected chi connectivity index (χ3v) is 2.56. The number of ketones is 2. The second-order valence-electron chi connectivity index (χ2n) is 2.77. The third-order valence-electron chi connectivity index (χ3n) is 1.79. The fourth-order valence-electron chi connectivity index (χ4n) is 1.07. The normalized spacial score (nSPS) is 9.87. The highest BCUT2D eigenvalue weighted by atomic mass is 32.1. The van der Waals surface area contributed by atoms with Crippen molar-refractivity contribution in [3.63, 3.8) is 0 Å². The lowest BCUT2D eigenvalue weighted by atomic mass is 10.1. The number of thiazole rings is 1. The van der Waals surface area contributed by atoms with Crippen LogP contribution in [0, 0.1) is 0 Å². The summed E-state index contributed by atoms with van der Waals surface area (Å²) in [7, 11) is 0. The van der Waals surface area contributed by atoms with E-state index in [0.29, 0.717) is 10.4 Å². The Kier molecular flexibility index (Phi) is 2.64. The first-order valence-corrected chi connectivity index (χ1v) is 5.04. The van der Waals surface area contributed by atoms with Gasteiger partial charge in [0.05, 0.1) is 10.4 Å². The van der Waals surface area contributed by atoms with Crippen molar-refractivity contribution in [3.8, 4) is 0 Å². The van der Waals surface area contributed by atoms with Crippen molar-refractivity contribution in [2.45, 2.75) is 0 Å². The van der Waals surface area contributed by atoms with Crippen LogP contribution in [0.5, 0.6) is 0 Å². The van der Waals surface area contributed by atoms with Gasteiger partial charge in [-0.1, -0.05) is 0 Å². The number of hydrogen-bond donors (Lipinski definition) is 0. The van der Waals surface area contributed by atoms with E-state index in [1.807, 2.05) is 0 Å². The summed E-state index contributed by atoms with van der Waals surface area (Å²) in [5.74, 6) is -1.09. The van der Waals surface area contributed by atoms with Gasteiger partial charge in [-0.15, -0.1) is 11.3 Å². The predicted molar refractivity (Wildman–Crippen MR) is 55.0 cm³/mol. The van der Waals surface area contributed by atoms with Gasteiger partial charge in [0.2, 0.25) is 11.6 Å². The second kappa shape index (κ2) is 4.10. The average molecular weight is 218 g/mol. The average Bonchev–Trinajstić information content (AvgIpc) is 2.82. The zero-order valence-electron chi connectivity index (χ0n) is 7.58. The van der Waals surface area contributed by atoms with E-state index in [1.54, 1.807) is 18.3 Å². The van der Waals surface area contributed by atoms with Crippen LogP contribution in [0.4, 0.5) is 0 Å². The number of pyridine rings is 1. The van der Waals surface area contributed by atoms with Crippen molar-refractivity contribution in [1.82, 2.24) is 9.97 Å². The van der Waals surface area contributed by atoms with E-state index >= 15 is 0 Å². The first kappa shape index (κ1) is 9.67. The van der Waals surface area contributed by atoms with Gasteiger partial charge >= 0.3 is 0 Å². The summed E-state index contributed by atoms with van der Waals surface area (Å²) >= 11 is 1.15. The standard InChI is InChI=1S/C10H6N2O2S/c13-9(7-2-1-3-11-4-7)10(14)8-5-12-6-15-8/h1-6H. The molecule has 0 aliphatic rings. The maximum absolute atomic E-state index is 11.6. The van der Waals surface area contributed by atoms with Crippen LogP contribution in [-0.2, 0) is 0 Å². The molecule has 0 N–H and O–H groups in total. The molecule has 2 heterocycles. The summed E-state index contributed by atoms with van der Waals surface area (Å²) in [6.07, 6.45) is 4.32. The van der Waals surface area contributed by atoms with E-state index in [-0.39, 0.29) is 0 Å². The summed E-state index contributed by atoms with van der Waals surface area (Å²) in [4.78, 5) is 31.1. The number of rotatable bonds is 3. The molecule has 2 rings (SSSR count). The Labute approximate surface area is 89.6 Å². The number of carbonyl (C=O) groups is 2. The van der Waals surface area contributed by atoms with Crippen molar-refractivity contribution < 1.29 is 9.59 Å². The molecule has 0 atom stereocenters. The first-order valence-electron chi connectivity index (χ1n) is 4.16. The lowest BCUT2D eigenvalue weighted by molar-refractivity contribution is 0.0819. The van der Waals surface area contributed by atoms with Gasteiger partial charge in [-0.05, 0) is 12.1 Å². The zero-order chi connectivity index (χ0) is 10.7. The van der Waals surface area contributed by atoms with Crippen LogP contribution >= 0.6 is 11.3 Å². The quantitative estimate of drug-likeness (QED) is 0.580. The third kappa shape index (κ3) is 1.97. The minimum atomic E-state index is -0.549. The van der Waals surface area contributed by atoms with Gasteiger partial charge in [0.25, 0.3) is 0 Å². The van der Waals surface area contributed by atoms with Crippen LogP contribution in [-0.4, -0.2) is 21.5 Å². The second-order valence-corrected chi connectivity index (χ2v) is 3.65. The number of hydrogen-bond acceptors (Lipinski definition) is 5. The molecule has 0 fully saturated rings. The van der Waals surface area contributed by atoms with Crippen LogP contribution in [0.1, 0.15) is 20.0 Å². The summed E-state index contributed by atoms with van der Waals surface area (Å²) in [6.45, 7) is 0. The highest BCUT2D eigenvalue weighted by Gasteiger charge is 2.19. The fourth-order valence-corrected chi connectivity index (χ4v) is 1.62. The van der Waals surface area contributed by atoms with Gasteiger partial charge in [0.1, 0.15) is 0 Å². The zero-order valence-corrected chi connectivity index (χ0v) is 8.40. The van der Waals surface area contributed by atoms with Crippen LogP contribution in [0.3, 0.4) is 0 Å². The molecule has 0 aromatic carbocycles. The molecule has 0 bridgehead atoms. The van der Waals surface area contributed by atoms with Crippen molar-refractivity contribution in [2.24, 2.45) is 0 Å². The Balaban J connectivity index is 2.27. The first-order chi connectivity index (χ1) is 7.29. The lowest BCUT2D eigenvalue weighted by Gasteiger charge is -1.95. The summed E-state index contributed by atoms with van der Waals surface area (Å²) in [5.41, 5.74) is 1.82. The number of nitrogens with zero attached hydrogens (tertiary/aromatic N) is 2. The Hall–Kier alpha value is -1.88. The van der Waals surface area contributed by atoms with Crippen LogP contribution in [0.15, 0.2) is 36.2 Å². The number of aromatic nitrogens is 2. The van der Waals surface area contributed by atoms with Crippen LogP contribution in [0.25, 0.3) is 0 Å². The minimum absolute atomic E-state index is 0.302. The minimum Gasteiger partial charge on any atom is -0.285 e. The molecule has 0 saturated heterocycles. The monoisotopic (exact) mass is 218 g/mol. The van der Waals surface area contributed by atoms with E-state index in [4.69, 9.17) is 0 Å². The van der Waals surface area contributed by atoms with E-state index < -0.39 is 11.6 Å². The molecule has 4 nitrogen and oxygen atoms in total. The largest absolute Gasteiger partial charge is 0.285 e. The molecule has 0 unspecified atom stereocenters. The van der Waals surface area contributed by atoms with Gasteiger partial charge in [-0.2, -0.15) is 0 Å². The molecule has 2 aromatic heterocycles. The molecule has 0 radical (unpaired) electrons. The van der Waals surface area contributed by atoms with Crippen molar-refractivity contribution in [2.75, 3.05) is 0 Å². The van der Waals surface area contributed by atoms with Gasteiger partial charge in [-0.3, -0.25) is 19.6 Å². The Bertz CT molecular complexity index is 479. The van der Waals surface area contributed by atoms with Crippen LogP contribution in [0.2, 0.25) is 0 Å². The molecule has 0 saturated carbocycles. The number of Topliss-reactive ketones (excluding diaryl/α,β-unsaturated/α-hetero) is 2. The smallest absolute Gasteiger partial charge is 0.245 e. The van der Waals surface area contributed by atoms with E-state index in [0.717, 1.165) is 11.3 Å². The van der Waals surface area contributed by atoms with Gasteiger partial charge in [0.15, 0.2) is 0 Å². The van der Waals surface area contributed by atoms with E-state index in [9.17, 15) is 9.59 Å². The molecule has 5 heteroatoms.